The van der Waals surface area contributed by atoms with Crippen molar-refractivity contribution in [2.24, 2.45) is 11.1 Å². The van der Waals surface area contributed by atoms with Gasteiger partial charge in [0.25, 0.3) is 0 Å². The van der Waals surface area contributed by atoms with E-state index in [9.17, 15) is 8.42 Å². The highest BCUT2D eigenvalue weighted by Gasteiger charge is 2.26. The quantitative estimate of drug-likeness (QED) is 0.699. The summed E-state index contributed by atoms with van der Waals surface area (Å²) in [4.78, 5) is 0. The first kappa shape index (κ1) is 14.9. The van der Waals surface area contributed by atoms with Crippen LogP contribution in [0.3, 0.4) is 0 Å². The van der Waals surface area contributed by atoms with Gasteiger partial charge in [0.1, 0.15) is 9.84 Å². The average Bonchev–Trinajstić information content (AvgIpc) is 2.18. The Kier molecular flexibility index (Phi) is 6.44. The second-order valence-electron chi connectivity index (χ2n) is 4.54. The molecule has 0 aromatic carbocycles. The van der Waals surface area contributed by atoms with E-state index in [2.05, 4.69) is 13.8 Å². The minimum absolute atomic E-state index is 0.0408. The fraction of sp³-hybridized carbons (Fsp3) is 1.00. The monoisotopic (exact) mass is 235 g/mol. The zero-order chi connectivity index (χ0) is 11.9. The lowest BCUT2D eigenvalue weighted by molar-refractivity contribution is 0.244. The van der Waals surface area contributed by atoms with Crippen molar-refractivity contribution in [3.05, 3.63) is 0 Å². The van der Waals surface area contributed by atoms with Crippen LogP contribution in [-0.4, -0.2) is 27.0 Å². The van der Waals surface area contributed by atoms with Crippen LogP contribution in [0.4, 0.5) is 0 Å². The summed E-state index contributed by atoms with van der Waals surface area (Å²) in [6.07, 6.45) is 6.29. The summed E-state index contributed by atoms with van der Waals surface area (Å²) in [5, 5.41) is 0. The molecule has 0 aliphatic heterocycles. The lowest BCUT2D eigenvalue weighted by Crippen LogP contribution is -2.32. The standard InChI is InChI=1S/C11H25NO2S/c1-4-6-7-11(5-2,10-12)8-9-15(3,13)14/h4-10,12H2,1-3H3. The molecule has 0 heterocycles. The third-order valence-electron chi connectivity index (χ3n) is 3.25. The Hall–Kier alpha value is -0.0900. The second kappa shape index (κ2) is 6.48. The van der Waals surface area contributed by atoms with E-state index >= 15 is 0 Å². The highest BCUT2D eigenvalue weighted by molar-refractivity contribution is 7.90. The van der Waals surface area contributed by atoms with Crippen molar-refractivity contribution in [1.29, 1.82) is 0 Å². The second-order valence-corrected chi connectivity index (χ2v) is 6.80. The molecule has 92 valence electrons. The molecule has 0 rings (SSSR count). The molecular weight excluding hydrogens is 210 g/mol. The van der Waals surface area contributed by atoms with E-state index in [0.29, 0.717) is 13.0 Å². The molecular formula is C11H25NO2S. The van der Waals surface area contributed by atoms with Gasteiger partial charge in [0, 0.05) is 6.26 Å². The first-order valence-corrected chi connectivity index (χ1v) is 7.83. The molecule has 0 fully saturated rings. The lowest BCUT2D eigenvalue weighted by atomic mass is 9.78. The summed E-state index contributed by atoms with van der Waals surface area (Å²) in [6.45, 7) is 4.84. The molecule has 0 aromatic heterocycles. The van der Waals surface area contributed by atoms with Gasteiger partial charge in [-0.25, -0.2) is 8.42 Å². The Morgan fingerprint density at radius 1 is 1.20 bits per heavy atom. The normalized spacial score (nSPS) is 16.3. The van der Waals surface area contributed by atoms with Crippen LogP contribution in [0, 0.1) is 5.41 Å². The van der Waals surface area contributed by atoms with Gasteiger partial charge in [-0.2, -0.15) is 0 Å². The molecule has 0 aliphatic carbocycles. The fourth-order valence-corrected chi connectivity index (χ4v) is 2.58. The topological polar surface area (TPSA) is 60.2 Å². The van der Waals surface area contributed by atoms with Crippen molar-refractivity contribution in [2.45, 2.75) is 46.0 Å². The van der Waals surface area contributed by atoms with E-state index in [1.165, 1.54) is 6.26 Å². The highest BCUT2D eigenvalue weighted by atomic mass is 32.2. The SMILES string of the molecule is CCCCC(CC)(CN)CCS(C)(=O)=O. The van der Waals surface area contributed by atoms with Gasteiger partial charge in [-0.05, 0) is 31.2 Å². The van der Waals surface area contributed by atoms with Crippen LogP contribution in [0.15, 0.2) is 0 Å². The molecule has 0 saturated carbocycles. The zero-order valence-electron chi connectivity index (χ0n) is 10.3. The molecule has 15 heavy (non-hydrogen) atoms. The van der Waals surface area contributed by atoms with Crippen molar-refractivity contribution in [3.8, 4) is 0 Å². The third-order valence-corrected chi connectivity index (χ3v) is 4.19. The first-order chi connectivity index (χ1) is 6.89. The first-order valence-electron chi connectivity index (χ1n) is 5.77. The van der Waals surface area contributed by atoms with Gasteiger partial charge in [0.05, 0.1) is 5.75 Å². The predicted molar refractivity (Wildman–Crippen MR) is 65.6 cm³/mol. The Morgan fingerprint density at radius 2 is 1.80 bits per heavy atom. The number of nitrogens with two attached hydrogens (primary N) is 1. The van der Waals surface area contributed by atoms with Gasteiger partial charge in [0.15, 0.2) is 0 Å². The molecule has 0 saturated heterocycles. The molecule has 0 radical (unpaired) electrons. The summed E-state index contributed by atoms with van der Waals surface area (Å²) in [6, 6.07) is 0. The minimum atomic E-state index is -2.86. The van der Waals surface area contributed by atoms with E-state index in [4.69, 9.17) is 5.73 Å². The maximum Gasteiger partial charge on any atom is 0.147 e. The predicted octanol–water partition coefficient (Wildman–Crippen LogP) is 1.97. The van der Waals surface area contributed by atoms with Gasteiger partial charge in [0.2, 0.25) is 0 Å². The van der Waals surface area contributed by atoms with Crippen molar-refractivity contribution in [2.75, 3.05) is 18.6 Å². The molecule has 0 spiro atoms. The number of rotatable bonds is 8. The Labute approximate surface area is 94.4 Å². The molecule has 3 nitrogen and oxygen atoms in total. The van der Waals surface area contributed by atoms with Crippen LogP contribution < -0.4 is 5.73 Å². The zero-order valence-corrected chi connectivity index (χ0v) is 11.1. The molecule has 2 N–H and O–H groups in total. The van der Waals surface area contributed by atoms with Gasteiger partial charge in [-0.1, -0.05) is 26.7 Å². The van der Waals surface area contributed by atoms with Crippen LogP contribution in [0.25, 0.3) is 0 Å². The van der Waals surface area contributed by atoms with E-state index in [1.54, 1.807) is 0 Å². The van der Waals surface area contributed by atoms with E-state index < -0.39 is 9.84 Å². The van der Waals surface area contributed by atoms with Crippen LogP contribution in [-0.2, 0) is 9.84 Å². The summed E-state index contributed by atoms with van der Waals surface area (Å²) >= 11 is 0. The summed E-state index contributed by atoms with van der Waals surface area (Å²) in [5.74, 6) is 0.266. The lowest BCUT2D eigenvalue weighted by Gasteiger charge is -2.31. The van der Waals surface area contributed by atoms with E-state index in [1.807, 2.05) is 0 Å². The Morgan fingerprint density at radius 3 is 2.13 bits per heavy atom. The van der Waals surface area contributed by atoms with Gasteiger partial charge >= 0.3 is 0 Å². The molecule has 0 amide bonds. The average molecular weight is 235 g/mol. The number of unbranched alkanes of at least 4 members (excludes halogenated alkanes) is 1. The maximum absolute atomic E-state index is 11.1. The third kappa shape index (κ3) is 6.15. The molecule has 0 bridgehead atoms. The summed E-state index contributed by atoms with van der Waals surface area (Å²) in [5.41, 5.74) is 5.83. The van der Waals surface area contributed by atoms with Gasteiger partial charge < -0.3 is 5.73 Å². The number of sulfone groups is 1. The van der Waals surface area contributed by atoms with Crippen molar-refractivity contribution < 1.29 is 8.42 Å². The highest BCUT2D eigenvalue weighted by Crippen LogP contribution is 2.31. The van der Waals surface area contributed by atoms with Gasteiger partial charge in [-0.3, -0.25) is 0 Å². The van der Waals surface area contributed by atoms with Crippen LogP contribution in [0.2, 0.25) is 0 Å². The Balaban J connectivity index is 4.36. The molecule has 1 unspecified atom stereocenters. The number of hydrogen-bond donors (Lipinski definition) is 1. The largest absolute Gasteiger partial charge is 0.330 e. The van der Waals surface area contributed by atoms with Gasteiger partial charge in [-0.15, -0.1) is 0 Å². The molecule has 4 heteroatoms. The summed E-state index contributed by atoms with van der Waals surface area (Å²) < 4.78 is 22.3. The van der Waals surface area contributed by atoms with E-state index in [-0.39, 0.29) is 11.2 Å². The summed E-state index contributed by atoms with van der Waals surface area (Å²) in [7, 11) is -2.86. The molecule has 1 atom stereocenters. The maximum atomic E-state index is 11.1. The van der Waals surface area contributed by atoms with E-state index in [0.717, 1.165) is 25.7 Å². The van der Waals surface area contributed by atoms with Crippen LogP contribution in [0.1, 0.15) is 46.0 Å². The van der Waals surface area contributed by atoms with Crippen LogP contribution in [0.5, 0.6) is 0 Å². The van der Waals surface area contributed by atoms with Crippen molar-refractivity contribution in [1.82, 2.24) is 0 Å². The van der Waals surface area contributed by atoms with Crippen LogP contribution >= 0.6 is 0 Å². The minimum Gasteiger partial charge on any atom is -0.330 e. The molecule has 0 aromatic rings. The Bertz CT molecular complexity index is 256. The number of hydrogen-bond acceptors (Lipinski definition) is 3. The molecule has 0 aliphatic rings. The van der Waals surface area contributed by atoms with Crippen molar-refractivity contribution in [3.63, 3.8) is 0 Å². The van der Waals surface area contributed by atoms with Crippen molar-refractivity contribution >= 4 is 9.84 Å². The smallest absolute Gasteiger partial charge is 0.147 e. The fourth-order valence-electron chi connectivity index (χ4n) is 1.78.